The average Bonchev–Trinajstić information content (AvgIpc) is 2.15. The summed E-state index contributed by atoms with van der Waals surface area (Å²) in [5.74, 6) is 0. The third-order valence-electron chi connectivity index (χ3n) is 3.15. The van der Waals surface area contributed by atoms with E-state index in [2.05, 4.69) is 37.5 Å². The Balaban J connectivity index is 2.39. The summed E-state index contributed by atoms with van der Waals surface area (Å²) in [6.45, 7) is 13.6. The zero-order valence-electron chi connectivity index (χ0n) is 9.95. The van der Waals surface area contributed by atoms with Crippen molar-refractivity contribution in [1.29, 1.82) is 0 Å². The zero-order chi connectivity index (χ0) is 10.8. The molecule has 1 N–H and O–H groups in total. The van der Waals surface area contributed by atoms with Gasteiger partial charge in [-0.1, -0.05) is 0 Å². The largest absolute Gasteiger partial charge is 0.395 e. The second-order valence-electron chi connectivity index (χ2n) is 5.23. The van der Waals surface area contributed by atoms with E-state index < -0.39 is 0 Å². The Morgan fingerprint density at radius 1 is 1.14 bits per heavy atom. The van der Waals surface area contributed by atoms with E-state index in [1.165, 1.54) is 0 Å². The summed E-state index contributed by atoms with van der Waals surface area (Å²) in [6.07, 6.45) is 0. The number of piperazine rings is 1. The number of nitrogens with zero attached hydrogens (tertiary/aromatic N) is 2. The van der Waals surface area contributed by atoms with E-state index in [4.69, 9.17) is 5.11 Å². The van der Waals surface area contributed by atoms with Crippen molar-refractivity contribution < 1.29 is 5.11 Å². The van der Waals surface area contributed by atoms with E-state index in [-0.39, 0.29) is 12.1 Å². The van der Waals surface area contributed by atoms with Gasteiger partial charge in [0.15, 0.2) is 0 Å². The summed E-state index contributed by atoms with van der Waals surface area (Å²) in [4.78, 5) is 4.87. The third kappa shape index (κ3) is 2.94. The highest BCUT2D eigenvalue weighted by atomic mass is 16.3. The summed E-state index contributed by atoms with van der Waals surface area (Å²) in [7, 11) is 0. The molecule has 3 nitrogen and oxygen atoms in total. The standard InChI is InChI=1S/C11H24N2O/c1-10(9-14)12-5-7-13(8-6-12)11(2,3)4/h10,14H,5-9H2,1-4H3. The molecule has 0 saturated carbocycles. The number of aliphatic hydroxyl groups is 1. The van der Waals surface area contributed by atoms with Crippen LogP contribution in [0.4, 0.5) is 0 Å². The summed E-state index contributed by atoms with van der Waals surface area (Å²) in [5, 5.41) is 9.06. The van der Waals surface area contributed by atoms with Gasteiger partial charge < -0.3 is 5.11 Å². The van der Waals surface area contributed by atoms with Gasteiger partial charge in [0.1, 0.15) is 0 Å². The van der Waals surface area contributed by atoms with Gasteiger partial charge in [0.2, 0.25) is 0 Å². The minimum Gasteiger partial charge on any atom is -0.395 e. The first-order valence-electron chi connectivity index (χ1n) is 5.55. The predicted molar refractivity (Wildman–Crippen MR) is 59.4 cm³/mol. The number of hydrogen-bond donors (Lipinski definition) is 1. The molecule has 14 heavy (non-hydrogen) atoms. The molecule has 1 aliphatic heterocycles. The van der Waals surface area contributed by atoms with Crippen molar-refractivity contribution in [2.24, 2.45) is 0 Å². The number of rotatable bonds is 2. The van der Waals surface area contributed by atoms with Crippen molar-refractivity contribution in [1.82, 2.24) is 9.80 Å². The molecule has 0 aromatic rings. The first kappa shape index (κ1) is 12.0. The van der Waals surface area contributed by atoms with Crippen LogP contribution in [0.5, 0.6) is 0 Å². The molecule has 1 unspecified atom stereocenters. The molecule has 3 heteroatoms. The quantitative estimate of drug-likeness (QED) is 0.714. The summed E-state index contributed by atoms with van der Waals surface area (Å²) < 4.78 is 0. The molecule has 0 radical (unpaired) electrons. The molecule has 0 aliphatic carbocycles. The van der Waals surface area contributed by atoms with Crippen molar-refractivity contribution >= 4 is 0 Å². The Hall–Kier alpha value is -0.120. The molecular formula is C11H24N2O. The SMILES string of the molecule is CC(CO)N1CCN(C(C)(C)C)CC1. The fourth-order valence-electron chi connectivity index (χ4n) is 1.95. The monoisotopic (exact) mass is 200 g/mol. The Labute approximate surface area is 87.7 Å². The van der Waals surface area contributed by atoms with E-state index >= 15 is 0 Å². The van der Waals surface area contributed by atoms with Crippen molar-refractivity contribution in [3.8, 4) is 0 Å². The van der Waals surface area contributed by atoms with E-state index in [1.807, 2.05) is 0 Å². The topological polar surface area (TPSA) is 26.7 Å². The second kappa shape index (κ2) is 4.60. The maximum atomic E-state index is 9.06. The van der Waals surface area contributed by atoms with Crippen LogP contribution in [-0.2, 0) is 0 Å². The summed E-state index contributed by atoms with van der Waals surface area (Å²) in [6, 6.07) is 0.317. The lowest BCUT2D eigenvalue weighted by molar-refractivity contribution is 0.0318. The van der Waals surface area contributed by atoms with Crippen LogP contribution in [-0.4, -0.2) is 59.3 Å². The van der Waals surface area contributed by atoms with Crippen LogP contribution < -0.4 is 0 Å². The fraction of sp³-hybridized carbons (Fsp3) is 1.00. The van der Waals surface area contributed by atoms with Gasteiger partial charge in [-0.15, -0.1) is 0 Å². The second-order valence-corrected chi connectivity index (χ2v) is 5.23. The highest BCUT2D eigenvalue weighted by molar-refractivity contribution is 4.83. The van der Waals surface area contributed by atoms with E-state index in [0.717, 1.165) is 26.2 Å². The molecule has 0 aromatic heterocycles. The highest BCUT2D eigenvalue weighted by Gasteiger charge is 2.27. The summed E-state index contributed by atoms with van der Waals surface area (Å²) >= 11 is 0. The Kier molecular flexibility index (Phi) is 3.93. The van der Waals surface area contributed by atoms with Gasteiger partial charge in [-0.2, -0.15) is 0 Å². The van der Waals surface area contributed by atoms with Crippen molar-refractivity contribution in [3.63, 3.8) is 0 Å². The Morgan fingerprint density at radius 3 is 2.00 bits per heavy atom. The Bertz CT molecular complexity index is 169. The molecule has 0 bridgehead atoms. The average molecular weight is 200 g/mol. The maximum Gasteiger partial charge on any atom is 0.0584 e. The van der Waals surface area contributed by atoms with Gasteiger partial charge in [0.25, 0.3) is 0 Å². The van der Waals surface area contributed by atoms with Gasteiger partial charge in [0.05, 0.1) is 6.61 Å². The van der Waals surface area contributed by atoms with Crippen molar-refractivity contribution in [2.75, 3.05) is 32.8 Å². The van der Waals surface area contributed by atoms with Crippen LogP contribution in [0, 0.1) is 0 Å². The lowest BCUT2D eigenvalue weighted by atomic mass is 10.0. The number of aliphatic hydroxyl groups excluding tert-OH is 1. The van der Waals surface area contributed by atoms with Crippen LogP contribution in [0.3, 0.4) is 0 Å². The van der Waals surface area contributed by atoms with Crippen LogP contribution in [0.25, 0.3) is 0 Å². The summed E-state index contributed by atoms with van der Waals surface area (Å²) in [5.41, 5.74) is 0.286. The maximum absolute atomic E-state index is 9.06. The molecular weight excluding hydrogens is 176 g/mol. The third-order valence-corrected chi connectivity index (χ3v) is 3.15. The molecule has 1 aliphatic rings. The van der Waals surface area contributed by atoms with E-state index in [9.17, 15) is 0 Å². The number of hydrogen-bond acceptors (Lipinski definition) is 3. The van der Waals surface area contributed by atoms with Gasteiger partial charge in [-0.05, 0) is 27.7 Å². The normalized spacial score (nSPS) is 23.8. The lowest BCUT2D eigenvalue weighted by Gasteiger charge is -2.43. The minimum absolute atomic E-state index is 0.273. The Morgan fingerprint density at radius 2 is 1.64 bits per heavy atom. The van der Waals surface area contributed by atoms with Crippen LogP contribution >= 0.6 is 0 Å². The van der Waals surface area contributed by atoms with Crippen molar-refractivity contribution in [3.05, 3.63) is 0 Å². The van der Waals surface area contributed by atoms with Gasteiger partial charge in [0, 0.05) is 37.8 Å². The first-order valence-corrected chi connectivity index (χ1v) is 5.55. The van der Waals surface area contributed by atoms with Crippen LogP contribution in [0.1, 0.15) is 27.7 Å². The van der Waals surface area contributed by atoms with Crippen LogP contribution in [0.2, 0.25) is 0 Å². The molecule has 0 spiro atoms. The predicted octanol–water partition coefficient (Wildman–Crippen LogP) is 0.783. The zero-order valence-corrected chi connectivity index (χ0v) is 9.95. The van der Waals surface area contributed by atoms with Gasteiger partial charge >= 0.3 is 0 Å². The van der Waals surface area contributed by atoms with Crippen LogP contribution in [0.15, 0.2) is 0 Å². The molecule has 1 heterocycles. The molecule has 1 rings (SSSR count). The first-order chi connectivity index (χ1) is 6.45. The smallest absolute Gasteiger partial charge is 0.0584 e. The molecule has 84 valence electrons. The van der Waals surface area contributed by atoms with E-state index in [1.54, 1.807) is 0 Å². The minimum atomic E-state index is 0.273. The van der Waals surface area contributed by atoms with Crippen molar-refractivity contribution in [2.45, 2.75) is 39.3 Å². The fourth-order valence-corrected chi connectivity index (χ4v) is 1.95. The molecule has 0 amide bonds. The molecule has 1 fully saturated rings. The van der Waals surface area contributed by atoms with Gasteiger partial charge in [-0.3, -0.25) is 9.80 Å². The molecule has 1 atom stereocenters. The molecule has 0 aromatic carbocycles. The lowest BCUT2D eigenvalue weighted by Crippen LogP contribution is -2.55. The van der Waals surface area contributed by atoms with E-state index in [0.29, 0.717) is 6.04 Å². The highest BCUT2D eigenvalue weighted by Crippen LogP contribution is 2.16. The molecule has 1 saturated heterocycles. The van der Waals surface area contributed by atoms with Gasteiger partial charge in [-0.25, -0.2) is 0 Å².